The van der Waals surface area contributed by atoms with Crippen molar-refractivity contribution >= 4 is 63.8 Å². The van der Waals surface area contributed by atoms with Gasteiger partial charge in [0.15, 0.2) is 11.7 Å². The first kappa shape index (κ1) is 46.0. The van der Waals surface area contributed by atoms with Crippen molar-refractivity contribution in [3.8, 4) is 0 Å². The minimum absolute atomic E-state index is 0.0128. The maximum atomic E-state index is 14.3. The molecule has 15 nitrogen and oxygen atoms in total. The summed E-state index contributed by atoms with van der Waals surface area (Å²) in [5, 5.41) is 12.2. The molecule has 4 aromatic carbocycles. The van der Waals surface area contributed by atoms with Crippen LogP contribution in [0.15, 0.2) is 114 Å². The number of ketones is 1. The molecule has 5 amide bonds. The van der Waals surface area contributed by atoms with E-state index in [9.17, 15) is 33.2 Å². The van der Waals surface area contributed by atoms with Crippen molar-refractivity contribution in [1.82, 2.24) is 26.3 Å². The number of nitrogens with two attached hydrogens (primary N) is 3. The monoisotopic (exact) mass is 865 g/mol. The van der Waals surface area contributed by atoms with Crippen molar-refractivity contribution in [2.24, 2.45) is 22.2 Å². The first-order chi connectivity index (χ1) is 29.7. The van der Waals surface area contributed by atoms with Crippen molar-refractivity contribution in [3.63, 3.8) is 0 Å². The Morgan fingerprint density at radius 2 is 1.23 bits per heavy atom. The molecule has 0 saturated carbocycles. The van der Waals surface area contributed by atoms with E-state index in [1.807, 2.05) is 24.3 Å². The van der Waals surface area contributed by atoms with Gasteiger partial charge in [0.1, 0.15) is 30.0 Å². The number of primary amides is 1. The average molecular weight is 866 g/mol. The lowest BCUT2D eigenvalue weighted by Crippen LogP contribution is -2.59. The highest BCUT2D eigenvalue weighted by Crippen LogP contribution is 2.20. The number of Topliss-reactive ketones (excluding diaryl/α,β-unsaturated/α-hetero) is 1. The topological polar surface area (TPSA) is 257 Å². The van der Waals surface area contributed by atoms with Gasteiger partial charge in [0.2, 0.25) is 29.5 Å². The van der Waals surface area contributed by atoms with Gasteiger partial charge >= 0.3 is 0 Å². The summed E-state index contributed by atoms with van der Waals surface area (Å²) in [7, 11) is 0. The number of para-hydroxylation sites is 1. The van der Waals surface area contributed by atoms with Crippen molar-refractivity contribution in [2.75, 3.05) is 6.54 Å². The zero-order valence-electron chi connectivity index (χ0n) is 33.7. The van der Waals surface area contributed by atoms with Gasteiger partial charge in [0.05, 0.1) is 0 Å². The van der Waals surface area contributed by atoms with Crippen molar-refractivity contribution in [1.29, 1.82) is 0 Å². The van der Waals surface area contributed by atoms with E-state index < -0.39 is 65.3 Å². The number of halogens is 2. The number of benzene rings is 4. The van der Waals surface area contributed by atoms with E-state index in [-0.39, 0.29) is 63.0 Å². The molecular formula is C45H49ClFN9O6. The van der Waals surface area contributed by atoms with Gasteiger partial charge in [-0.2, -0.15) is 0 Å². The summed E-state index contributed by atoms with van der Waals surface area (Å²) in [4.78, 5) is 88.3. The number of hydrogen-bond donors (Lipinski definition) is 8. The predicted octanol–water partition coefficient (Wildman–Crippen LogP) is 3.13. The van der Waals surface area contributed by atoms with E-state index in [1.54, 1.807) is 60.8 Å². The minimum Gasteiger partial charge on any atom is -0.370 e. The second-order valence-electron chi connectivity index (χ2n) is 14.7. The smallest absolute Gasteiger partial charge is 0.243 e. The molecule has 0 aliphatic carbocycles. The summed E-state index contributed by atoms with van der Waals surface area (Å²) in [6, 6.07) is 23.0. The Bertz CT molecular complexity index is 2370. The van der Waals surface area contributed by atoms with Crippen LogP contribution < -0.4 is 38.5 Å². The van der Waals surface area contributed by atoms with Crippen LogP contribution in [0.1, 0.15) is 52.7 Å². The molecule has 0 bridgehead atoms. The van der Waals surface area contributed by atoms with Crippen LogP contribution in [0.25, 0.3) is 10.9 Å². The van der Waals surface area contributed by atoms with Crippen molar-refractivity contribution < 1.29 is 33.2 Å². The van der Waals surface area contributed by atoms with Gasteiger partial charge in [0.25, 0.3) is 0 Å². The average Bonchev–Trinajstić information content (AvgIpc) is 3.66. The molecular weight excluding hydrogens is 817 g/mol. The first-order valence-corrected chi connectivity index (χ1v) is 20.3. The van der Waals surface area contributed by atoms with Crippen LogP contribution in [0.2, 0.25) is 5.02 Å². The fourth-order valence-corrected chi connectivity index (χ4v) is 6.86. The second-order valence-corrected chi connectivity index (χ2v) is 15.1. The molecule has 5 rings (SSSR count). The molecule has 0 fully saturated rings. The lowest BCUT2D eigenvalue weighted by molar-refractivity contribution is -0.134. The molecule has 0 aliphatic rings. The number of nitrogens with zero attached hydrogens (tertiary/aromatic N) is 1. The third-order valence-corrected chi connectivity index (χ3v) is 10.3. The number of guanidine groups is 1. The summed E-state index contributed by atoms with van der Waals surface area (Å²) in [6.07, 6.45) is 1.55. The van der Waals surface area contributed by atoms with E-state index in [2.05, 4.69) is 31.2 Å². The molecule has 17 heteroatoms. The summed E-state index contributed by atoms with van der Waals surface area (Å²) in [5.41, 5.74) is 19.9. The Morgan fingerprint density at radius 3 is 1.89 bits per heavy atom. The van der Waals surface area contributed by atoms with Gasteiger partial charge in [0, 0.05) is 66.3 Å². The van der Waals surface area contributed by atoms with E-state index in [0.717, 1.165) is 28.6 Å². The van der Waals surface area contributed by atoms with E-state index in [1.165, 1.54) is 12.1 Å². The Kier molecular flexibility index (Phi) is 16.7. The standard InChI is InChI=1S/C45H49ClFN9O6/c46-31-16-12-28(13-17-31)24-37(53-40(58)21-20-39(57)29-14-18-32(47)19-15-29)43(61)56-38(23-27-7-2-1-3-8-27)44(62)54-35(11-6-22-51-45(49)50)42(60)55-36(41(48)59)25-30-26-52-34-10-5-4-9-33(30)34/h1-5,7-10,12-19,26,35-38,52H,6,11,20-25H2,(H2,48,59)(H,53,58)(H,54,62)(H,55,60)(H,56,61)(H4,49,50,51)/t35-,36-,37-,38-/m0/s1. The molecule has 11 N–H and O–H groups in total. The van der Waals surface area contributed by atoms with Gasteiger partial charge in [-0.1, -0.05) is 72.3 Å². The highest BCUT2D eigenvalue weighted by Gasteiger charge is 2.32. The predicted molar refractivity (Wildman–Crippen MR) is 234 cm³/mol. The largest absolute Gasteiger partial charge is 0.370 e. The number of nitrogens with one attached hydrogen (secondary N) is 5. The SMILES string of the molecule is NC(=O)[C@H](Cc1c[nH]c2ccccc12)NC(=O)[C@H](CCCN=C(N)N)NC(=O)[C@H](Cc1ccccc1)NC(=O)[C@H](Cc1ccc(Cl)cc1)NC(=O)CCC(=O)c1ccc(F)cc1. The van der Waals surface area contributed by atoms with Gasteiger partial charge in [-0.05, 0) is 72.0 Å². The zero-order chi connectivity index (χ0) is 44.6. The number of aromatic amines is 1. The number of carbonyl (C=O) groups excluding carboxylic acids is 6. The molecule has 0 aliphatic heterocycles. The molecule has 4 atom stereocenters. The van der Waals surface area contributed by atoms with Crippen LogP contribution in [0.5, 0.6) is 0 Å². The third-order valence-electron chi connectivity index (χ3n) is 10.0. The number of amides is 5. The number of carbonyl (C=O) groups is 6. The quantitative estimate of drug-likeness (QED) is 0.0221. The molecule has 1 heterocycles. The zero-order valence-corrected chi connectivity index (χ0v) is 34.5. The minimum atomic E-state index is -1.28. The lowest BCUT2D eigenvalue weighted by atomic mass is 10.0. The molecule has 324 valence electrons. The van der Waals surface area contributed by atoms with Crippen LogP contribution in [-0.4, -0.2) is 77.0 Å². The van der Waals surface area contributed by atoms with Crippen LogP contribution in [0.3, 0.4) is 0 Å². The fraction of sp³-hybridized carbons (Fsp3) is 0.267. The van der Waals surface area contributed by atoms with Crippen molar-refractivity contribution in [2.45, 2.75) is 69.1 Å². The van der Waals surface area contributed by atoms with Gasteiger partial charge in [-0.25, -0.2) is 4.39 Å². The molecule has 5 aromatic rings. The molecule has 0 unspecified atom stereocenters. The summed E-state index contributed by atoms with van der Waals surface area (Å²) in [6.45, 7) is 0.127. The number of H-pyrrole nitrogens is 1. The highest BCUT2D eigenvalue weighted by atomic mass is 35.5. The Hall–Kier alpha value is -7.07. The summed E-state index contributed by atoms with van der Waals surface area (Å²) < 4.78 is 13.4. The van der Waals surface area contributed by atoms with Crippen molar-refractivity contribution in [3.05, 3.63) is 142 Å². The summed E-state index contributed by atoms with van der Waals surface area (Å²) >= 11 is 6.10. The van der Waals surface area contributed by atoms with Crippen LogP contribution in [0, 0.1) is 5.82 Å². The van der Waals surface area contributed by atoms with Crippen LogP contribution in [0.4, 0.5) is 4.39 Å². The number of aromatic nitrogens is 1. The second kappa shape index (κ2) is 22.5. The number of aliphatic imine (C=N–C) groups is 1. The number of fused-ring (bicyclic) bond motifs is 1. The molecule has 1 aromatic heterocycles. The van der Waals surface area contributed by atoms with E-state index in [4.69, 9.17) is 28.8 Å². The highest BCUT2D eigenvalue weighted by molar-refractivity contribution is 6.30. The van der Waals surface area contributed by atoms with Gasteiger partial charge in [-0.15, -0.1) is 0 Å². The normalized spacial score (nSPS) is 12.9. The Labute approximate surface area is 362 Å². The first-order valence-electron chi connectivity index (χ1n) is 19.9. The molecule has 62 heavy (non-hydrogen) atoms. The fourth-order valence-electron chi connectivity index (χ4n) is 6.73. The van der Waals surface area contributed by atoms with E-state index >= 15 is 0 Å². The van der Waals surface area contributed by atoms with E-state index in [0.29, 0.717) is 16.1 Å². The summed E-state index contributed by atoms with van der Waals surface area (Å²) in [5.74, 6) is -4.65. The maximum absolute atomic E-state index is 14.3. The number of rotatable bonds is 22. The Balaban J connectivity index is 1.36. The Morgan fingerprint density at radius 1 is 0.645 bits per heavy atom. The number of hydrogen-bond acceptors (Lipinski definition) is 7. The third kappa shape index (κ3) is 14.0. The van der Waals surface area contributed by atoms with Crippen LogP contribution in [-0.2, 0) is 43.2 Å². The van der Waals surface area contributed by atoms with Gasteiger partial charge in [-0.3, -0.25) is 33.8 Å². The van der Waals surface area contributed by atoms with Crippen LogP contribution >= 0.6 is 11.6 Å². The molecule has 0 radical (unpaired) electrons. The van der Waals surface area contributed by atoms with Gasteiger partial charge < -0.3 is 43.5 Å². The lowest BCUT2D eigenvalue weighted by Gasteiger charge is -2.26. The maximum Gasteiger partial charge on any atom is 0.243 e. The molecule has 0 saturated heterocycles. The molecule has 0 spiro atoms.